The molecule has 0 aromatic heterocycles. The Balaban J connectivity index is 2.01. The summed E-state index contributed by atoms with van der Waals surface area (Å²) in [5, 5.41) is 0. The van der Waals surface area contributed by atoms with Gasteiger partial charge in [0, 0.05) is 19.9 Å². The predicted molar refractivity (Wildman–Crippen MR) is 97.6 cm³/mol. The molecular formula is C17H15Br3O. The van der Waals surface area contributed by atoms with Gasteiger partial charge in [0.15, 0.2) is 0 Å². The second-order valence-electron chi connectivity index (χ2n) is 5.99. The highest BCUT2D eigenvalue weighted by atomic mass is 79.9. The van der Waals surface area contributed by atoms with Gasteiger partial charge in [0.25, 0.3) is 0 Å². The minimum absolute atomic E-state index is 0.0793. The van der Waals surface area contributed by atoms with Gasteiger partial charge in [0.05, 0.1) is 11.4 Å². The lowest BCUT2D eigenvalue weighted by Gasteiger charge is -2.18. The summed E-state index contributed by atoms with van der Waals surface area (Å²) in [5.41, 5.74) is 3.83. The second kappa shape index (κ2) is 5.71. The molecule has 0 N–H and O–H groups in total. The predicted octanol–water partition coefficient (Wildman–Crippen LogP) is 6.37. The van der Waals surface area contributed by atoms with Crippen LogP contribution >= 0.6 is 47.8 Å². The fourth-order valence-corrected chi connectivity index (χ4v) is 4.49. The maximum Gasteiger partial charge on any atom is 0.123 e. The van der Waals surface area contributed by atoms with E-state index < -0.39 is 0 Å². The highest BCUT2D eigenvalue weighted by Crippen LogP contribution is 2.42. The van der Waals surface area contributed by atoms with Gasteiger partial charge in [-0.1, -0.05) is 67.7 Å². The number of ether oxygens (including phenoxy) is 1. The molecule has 0 amide bonds. The zero-order valence-electron chi connectivity index (χ0n) is 11.8. The van der Waals surface area contributed by atoms with Gasteiger partial charge in [-0.05, 0) is 41.5 Å². The standard InChI is InChI=1S/C17H15Br3O/c1-17(2)9-21-15-4-3-10(7-14(15)17)16(20)11-5-12(18)8-13(19)6-11/h3-8,16H,9H2,1-2H3. The van der Waals surface area contributed by atoms with E-state index in [-0.39, 0.29) is 10.2 Å². The van der Waals surface area contributed by atoms with Crippen LogP contribution in [0.1, 0.15) is 35.4 Å². The Bertz CT molecular complexity index is 674. The molecule has 1 heterocycles. The molecule has 0 aliphatic carbocycles. The van der Waals surface area contributed by atoms with Crippen molar-refractivity contribution >= 4 is 47.8 Å². The summed E-state index contributed by atoms with van der Waals surface area (Å²) in [6.45, 7) is 5.20. The lowest BCUT2D eigenvalue weighted by Crippen LogP contribution is -2.18. The van der Waals surface area contributed by atoms with Crippen LogP contribution in [0.5, 0.6) is 5.75 Å². The van der Waals surface area contributed by atoms with Crippen molar-refractivity contribution < 1.29 is 4.74 Å². The first kappa shape index (κ1) is 15.6. The SMILES string of the molecule is CC1(C)COc2ccc(C(Br)c3cc(Br)cc(Br)c3)cc21. The first-order valence-electron chi connectivity index (χ1n) is 6.74. The Hall–Kier alpha value is -0.320. The monoisotopic (exact) mass is 472 g/mol. The van der Waals surface area contributed by atoms with Crippen molar-refractivity contribution in [3.05, 3.63) is 62.0 Å². The van der Waals surface area contributed by atoms with Crippen LogP contribution in [-0.4, -0.2) is 6.61 Å². The maximum atomic E-state index is 5.76. The molecule has 0 saturated heterocycles. The molecule has 0 saturated carbocycles. The van der Waals surface area contributed by atoms with E-state index in [1.165, 1.54) is 16.7 Å². The Morgan fingerprint density at radius 1 is 1.00 bits per heavy atom. The number of benzene rings is 2. The molecule has 4 heteroatoms. The Morgan fingerprint density at radius 2 is 1.67 bits per heavy atom. The second-order valence-corrected chi connectivity index (χ2v) is 8.74. The number of hydrogen-bond donors (Lipinski definition) is 0. The third kappa shape index (κ3) is 3.08. The summed E-state index contributed by atoms with van der Waals surface area (Å²) in [7, 11) is 0. The number of fused-ring (bicyclic) bond motifs is 1. The molecule has 1 nitrogen and oxygen atoms in total. The third-order valence-corrected chi connectivity index (χ3v) is 5.76. The fraction of sp³-hybridized carbons (Fsp3) is 0.294. The van der Waals surface area contributed by atoms with Crippen molar-refractivity contribution in [1.82, 2.24) is 0 Å². The van der Waals surface area contributed by atoms with Crippen molar-refractivity contribution in [3.8, 4) is 5.75 Å². The summed E-state index contributed by atoms with van der Waals surface area (Å²) in [4.78, 5) is 0.160. The first-order chi connectivity index (χ1) is 9.87. The minimum Gasteiger partial charge on any atom is -0.492 e. The van der Waals surface area contributed by atoms with Crippen molar-refractivity contribution in [2.75, 3.05) is 6.61 Å². The van der Waals surface area contributed by atoms with Crippen molar-refractivity contribution in [1.29, 1.82) is 0 Å². The average molecular weight is 475 g/mol. The maximum absolute atomic E-state index is 5.76. The van der Waals surface area contributed by atoms with Crippen LogP contribution < -0.4 is 4.74 Å². The largest absolute Gasteiger partial charge is 0.492 e. The molecule has 2 aromatic carbocycles. The topological polar surface area (TPSA) is 9.23 Å². The molecule has 0 radical (unpaired) electrons. The number of halogens is 3. The molecule has 0 spiro atoms. The van der Waals surface area contributed by atoms with Gasteiger partial charge < -0.3 is 4.74 Å². The van der Waals surface area contributed by atoms with E-state index in [2.05, 4.69) is 92.0 Å². The average Bonchev–Trinajstić information content (AvgIpc) is 2.72. The van der Waals surface area contributed by atoms with E-state index in [1.54, 1.807) is 0 Å². The summed E-state index contributed by atoms with van der Waals surface area (Å²) in [5.74, 6) is 1.01. The third-order valence-electron chi connectivity index (χ3n) is 3.79. The van der Waals surface area contributed by atoms with Crippen LogP contribution in [0.25, 0.3) is 0 Å². The fourth-order valence-electron chi connectivity index (χ4n) is 2.61. The Labute approximate surface area is 150 Å². The van der Waals surface area contributed by atoms with Crippen molar-refractivity contribution in [2.45, 2.75) is 24.1 Å². The number of alkyl halides is 1. The molecule has 1 aliphatic rings. The van der Waals surface area contributed by atoms with Crippen LogP contribution in [0.2, 0.25) is 0 Å². The lowest BCUT2D eigenvalue weighted by molar-refractivity contribution is 0.291. The van der Waals surface area contributed by atoms with Crippen LogP contribution in [0.3, 0.4) is 0 Å². The molecule has 2 aromatic rings. The van der Waals surface area contributed by atoms with E-state index in [9.17, 15) is 0 Å². The van der Waals surface area contributed by atoms with E-state index in [0.717, 1.165) is 21.3 Å². The highest BCUT2D eigenvalue weighted by Gasteiger charge is 2.32. The Morgan fingerprint density at radius 3 is 2.33 bits per heavy atom. The minimum atomic E-state index is 0.0793. The molecule has 1 unspecified atom stereocenters. The van der Waals surface area contributed by atoms with Crippen LogP contribution in [-0.2, 0) is 5.41 Å². The smallest absolute Gasteiger partial charge is 0.123 e. The van der Waals surface area contributed by atoms with E-state index >= 15 is 0 Å². The first-order valence-corrected chi connectivity index (χ1v) is 9.24. The number of hydrogen-bond acceptors (Lipinski definition) is 1. The van der Waals surface area contributed by atoms with Gasteiger partial charge in [-0.25, -0.2) is 0 Å². The van der Waals surface area contributed by atoms with E-state index in [4.69, 9.17) is 4.74 Å². The summed E-state index contributed by atoms with van der Waals surface area (Å²) in [6.07, 6.45) is 0. The number of rotatable bonds is 2. The van der Waals surface area contributed by atoms with Gasteiger partial charge >= 0.3 is 0 Å². The zero-order valence-corrected chi connectivity index (χ0v) is 16.5. The molecular weight excluding hydrogens is 460 g/mol. The van der Waals surface area contributed by atoms with Crippen LogP contribution in [0, 0.1) is 0 Å². The van der Waals surface area contributed by atoms with E-state index in [1.807, 2.05) is 6.07 Å². The summed E-state index contributed by atoms with van der Waals surface area (Å²) < 4.78 is 7.90. The highest BCUT2D eigenvalue weighted by molar-refractivity contribution is 9.11. The molecule has 3 rings (SSSR count). The van der Waals surface area contributed by atoms with Gasteiger partial charge in [-0.3, -0.25) is 0 Å². The normalized spacial score (nSPS) is 17.2. The lowest BCUT2D eigenvalue weighted by atomic mass is 9.85. The van der Waals surface area contributed by atoms with Gasteiger partial charge in [-0.2, -0.15) is 0 Å². The Kier molecular flexibility index (Phi) is 4.23. The molecule has 21 heavy (non-hydrogen) atoms. The van der Waals surface area contributed by atoms with Gasteiger partial charge in [0.2, 0.25) is 0 Å². The molecule has 1 aliphatic heterocycles. The van der Waals surface area contributed by atoms with Crippen LogP contribution in [0.4, 0.5) is 0 Å². The van der Waals surface area contributed by atoms with Crippen LogP contribution in [0.15, 0.2) is 45.3 Å². The van der Waals surface area contributed by atoms with E-state index in [0.29, 0.717) is 0 Å². The van der Waals surface area contributed by atoms with Gasteiger partial charge in [0.1, 0.15) is 5.75 Å². The quantitative estimate of drug-likeness (QED) is 0.460. The summed E-state index contributed by atoms with van der Waals surface area (Å²) >= 11 is 10.9. The van der Waals surface area contributed by atoms with Crippen molar-refractivity contribution in [2.24, 2.45) is 0 Å². The zero-order chi connectivity index (χ0) is 15.2. The molecule has 110 valence electrons. The van der Waals surface area contributed by atoms with Crippen molar-refractivity contribution in [3.63, 3.8) is 0 Å². The summed E-state index contributed by atoms with van der Waals surface area (Å²) in [6, 6.07) is 12.8. The molecule has 0 bridgehead atoms. The molecule has 1 atom stereocenters. The molecule has 0 fully saturated rings. The van der Waals surface area contributed by atoms with Gasteiger partial charge in [-0.15, -0.1) is 0 Å².